The Bertz CT molecular complexity index is 567. The third-order valence-corrected chi connectivity index (χ3v) is 4.30. The van der Waals surface area contributed by atoms with Gasteiger partial charge in [0.25, 0.3) is 0 Å². The lowest BCUT2D eigenvalue weighted by Crippen LogP contribution is -2.44. The van der Waals surface area contributed by atoms with Gasteiger partial charge in [-0.3, -0.25) is 4.79 Å². The lowest BCUT2D eigenvalue weighted by atomic mass is 9.92. The van der Waals surface area contributed by atoms with E-state index in [0.29, 0.717) is 18.7 Å². The van der Waals surface area contributed by atoms with Crippen molar-refractivity contribution in [1.82, 2.24) is 4.90 Å². The topological polar surface area (TPSA) is 73.6 Å². The molecule has 5 nitrogen and oxygen atoms in total. The SMILES string of the molecule is CC(C)(CN1CCC(OCc2ccc(C#N)cc2)CC1)C(=O)O. The quantitative estimate of drug-likeness (QED) is 0.873. The second-order valence-corrected chi connectivity index (χ2v) is 6.78. The Morgan fingerprint density at radius 2 is 1.96 bits per heavy atom. The summed E-state index contributed by atoms with van der Waals surface area (Å²) in [4.78, 5) is 13.4. The van der Waals surface area contributed by atoms with E-state index in [9.17, 15) is 9.90 Å². The zero-order chi connectivity index (χ0) is 16.9. The Kier molecular flexibility index (Phi) is 5.75. The predicted molar refractivity (Wildman–Crippen MR) is 86.8 cm³/mol. The fourth-order valence-electron chi connectivity index (χ4n) is 2.75. The number of carboxylic acid groups (broad SMARTS) is 1. The van der Waals surface area contributed by atoms with Gasteiger partial charge >= 0.3 is 5.97 Å². The number of carbonyl (C=O) groups is 1. The molecule has 0 amide bonds. The number of hydrogen-bond acceptors (Lipinski definition) is 4. The van der Waals surface area contributed by atoms with Crippen LogP contribution < -0.4 is 0 Å². The molecule has 1 saturated heterocycles. The first-order valence-electron chi connectivity index (χ1n) is 7.97. The molecule has 0 aromatic heterocycles. The lowest BCUT2D eigenvalue weighted by molar-refractivity contribution is -0.148. The van der Waals surface area contributed by atoms with Crippen molar-refractivity contribution in [3.8, 4) is 6.07 Å². The maximum absolute atomic E-state index is 11.2. The molecular formula is C18H24N2O3. The van der Waals surface area contributed by atoms with Gasteiger partial charge in [-0.2, -0.15) is 5.26 Å². The third-order valence-electron chi connectivity index (χ3n) is 4.30. The van der Waals surface area contributed by atoms with Crippen molar-refractivity contribution in [3.63, 3.8) is 0 Å². The molecule has 0 unspecified atom stereocenters. The number of piperidine rings is 1. The van der Waals surface area contributed by atoms with Crippen molar-refractivity contribution in [3.05, 3.63) is 35.4 Å². The van der Waals surface area contributed by atoms with Crippen LogP contribution in [0.15, 0.2) is 24.3 Å². The van der Waals surface area contributed by atoms with Gasteiger partial charge in [0.05, 0.1) is 29.8 Å². The smallest absolute Gasteiger partial charge is 0.310 e. The average molecular weight is 316 g/mol. The Morgan fingerprint density at radius 1 is 1.35 bits per heavy atom. The Hall–Kier alpha value is -1.90. The molecule has 1 aliphatic heterocycles. The first-order valence-corrected chi connectivity index (χ1v) is 7.97. The number of nitrogens with zero attached hydrogens (tertiary/aromatic N) is 2. The third kappa shape index (κ3) is 5.05. The van der Waals surface area contributed by atoms with E-state index in [0.717, 1.165) is 31.5 Å². The first-order chi connectivity index (χ1) is 10.9. The van der Waals surface area contributed by atoms with Crippen LogP contribution in [-0.2, 0) is 16.1 Å². The van der Waals surface area contributed by atoms with Crippen LogP contribution in [0.4, 0.5) is 0 Å². The zero-order valence-electron chi connectivity index (χ0n) is 13.8. The van der Waals surface area contributed by atoms with Crippen molar-refractivity contribution in [2.24, 2.45) is 5.41 Å². The van der Waals surface area contributed by atoms with Crippen molar-refractivity contribution in [1.29, 1.82) is 5.26 Å². The average Bonchev–Trinajstić information content (AvgIpc) is 2.54. The van der Waals surface area contributed by atoms with Gasteiger partial charge < -0.3 is 14.7 Å². The summed E-state index contributed by atoms with van der Waals surface area (Å²) in [6, 6.07) is 9.54. The summed E-state index contributed by atoms with van der Waals surface area (Å²) in [6.45, 7) is 6.40. The lowest BCUT2D eigenvalue weighted by Gasteiger charge is -2.35. The van der Waals surface area contributed by atoms with Gasteiger partial charge in [-0.1, -0.05) is 12.1 Å². The molecule has 0 atom stereocenters. The molecule has 0 aliphatic carbocycles. The molecule has 0 radical (unpaired) electrons. The van der Waals surface area contributed by atoms with Gasteiger partial charge in [-0.05, 0) is 44.4 Å². The van der Waals surface area contributed by atoms with Crippen LogP contribution in [0.5, 0.6) is 0 Å². The predicted octanol–water partition coefficient (Wildman–Crippen LogP) is 2.65. The van der Waals surface area contributed by atoms with Crippen LogP contribution in [-0.4, -0.2) is 41.7 Å². The number of benzene rings is 1. The summed E-state index contributed by atoms with van der Waals surface area (Å²) in [5.41, 5.74) is 1.01. The number of nitriles is 1. The molecule has 1 heterocycles. The fraction of sp³-hybridized carbons (Fsp3) is 0.556. The highest BCUT2D eigenvalue weighted by Gasteiger charge is 2.31. The monoisotopic (exact) mass is 316 g/mol. The number of rotatable bonds is 6. The molecule has 2 rings (SSSR count). The molecule has 0 saturated carbocycles. The molecule has 1 aromatic rings. The first kappa shape index (κ1) is 17.5. The Balaban J connectivity index is 1.74. The molecule has 0 bridgehead atoms. The van der Waals surface area contributed by atoms with E-state index in [1.54, 1.807) is 26.0 Å². The highest BCUT2D eigenvalue weighted by atomic mass is 16.5. The standard InChI is InChI=1S/C18H24N2O3/c1-18(2,17(21)22)13-20-9-7-16(8-10-20)23-12-15-5-3-14(11-19)4-6-15/h3-6,16H,7-10,12-13H2,1-2H3,(H,21,22). The minimum atomic E-state index is -0.753. The second-order valence-electron chi connectivity index (χ2n) is 6.78. The molecule has 1 aliphatic rings. The fourth-order valence-corrected chi connectivity index (χ4v) is 2.75. The maximum Gasteiger partial charge on any atom is 0.310 e. The van der Waals surface area contributed by atoms with Gasteiger partial charge in [0.15, 0.2) is 0 Å². The molecule has 0 spiro atoms. The second kappa shape index (κ2) is 7.58. The molecular weight excluding hydrogens is 292 g/mol. The summed E-state index contributed by atoms with van der Waals surface area (Å²) >= 11 is 0. The van der Waals surface area contributed by atoms with Crippen LogP contribution in [0.3, 0.4) is 0 Å². The van der Waals surface area contributed by atoms with E-state index in [1.165, 1.54) is 0 Å². The number of ether oxygens (including phenoxy) is 1. The summed E-state index contributed by atoms with van der Waals surface area (Å²) in [6.07, 6.45) is 2.06. The van der Waals surface area contributed by atoms with Gasteiger partial charge in [0.1, 0.15) is 0 Å². The van der Waals surface area contributed by atoms with Gasteiger partial charge in [-0.25, -0.2) is 0 Å². The highest BCUT2D eigenvalue weighted by molar-refractivity contribution is 5.73. The summed E-state index contributed by atoms with van der Waals surface area (Å²) in [7, 11) is 0. The van der Waals surface area contributed by atoms with Crippen molar-refractivity contribution >= 4 is 5.97 Å². The van der Waals surface area contributed by atoms with Crippen LogP contribution in [0.25, 0.3) is 0 Å². The minimum Gasteiger partial charge on any atom is -0.481 e. The zero-order valence-corrected chi connectivity index (χ0v) is 13.8. The summed E-state index contributed by atoms with van der Waals surface area (Å²) < 4.78 is 5.94. The normalized spacial score (nSPS) is 16.9. The van der Waals surface area contributed by atoms with Crippen molar-refractivity contribution < 1.29 is 14.6 Å². The number of carboxylic acids is 1. The number of likely N-dealkylation sites (tertiary alicyclic amines) is 1. The summed E-state index contributed by atoms with van der Waals surface area (Å²) in [5, 5.41) is 18.0. The Labute approximate surface area is 137 Å². The van der Waals surface area contributed by atoms with E-state index in [4.69, 9.17) is 10.00 Å². The number of aliphatic carboxylic acids is 1. The van der Waals surface area contributed by atoms with Crippen LogP contribution in [0.2, 0.25) is 0 Å². The van der Waals surface area contributed by atoms with Crippen LogP contribution >= 0.6 is 0 Å². The van der Waals surface area contributed by atoms with Gasteiger partial charge in [0.2, 0.25) is 0 Å². The van der Waals surface area contributed by atoms with E-state index in [1.807, 2.05) is 12.1 Å². The van der Waals surface area contributed by atoms with Crippen LogP contribution in [0.1, 0.15) is 37.8 Å². The minimum absolute atomic E-state index is 0.217. The molecule has 5 heteroatoms. The van der Waals surface area contributed by atoms with Crippen molar-refractivity contribution in [2.75, 3.05) is 19.6 Å². The molecule has 124 valence electrons. The van der Waals surface area contributed by atoms with E-state index >= 15 is 0 Å². The summed E-state index contributed by atoms with van der Waals surface area (Å²) in [5.74, 6) is -0.753. The highest BCUT2D eigenvalue weighted by Crippen LogP contribution is 2.22. The Morgan fingerprint density at radius 3 is 2.48 bits per heavy atom. The van der Waals surface area contributed by atoms with E-state index in [-0.39, 0.29) is 6.10 Å². The molecule has 1 aromatic carbocycles. The van der Waals surface area contributed by atoms with Crippen LogP contribution in [0, 0.1) is 16.7 Å². The molecule has 23 heavy (non-hydrogen) atoms. The van der Waals surface area contributed by atoms with Gasteiger partial charge in [-0.15, -0.1) is 0 Å². The van der Waals surface area contributed by atoms with Gasteiger partial charge in [0, 0.05) is 19.6 Å². The van der Waals surface area contributed by atoms with E-state index < -0.39 is 11.4 Å². The van der Waals surface area contributed by atoms with Crippen molar-refractivity contribution in [2.45, 2.75) is 39.4 Å². The van der Waals surface area contributed by atoms with E-state index in [2.05, 4.69) is 11.0 Å². The molecule has 1 fully saturated rings. The number of hydrogen-bond donors (Lipinski definition) is 1. The largest absolute Gasteiger partial charge is 0.481 e. The molecule has 1 N–H and O–H groups in total. The maximum atomic E-state index is 11.2.